The third kappa shape index (κ3) is 4.76. The molecule has 2 aromatic rings. The van der Waals surface area contributed by atoms with Crippen LogP contribution in [0.5, 0.6) is 5.75 Å². The highest BCUT2D eigenvalue weighted by atomic mass is 19.1. The number of carbonyl (C=O) groups excluding carboxylic acids is 1. The van der Waals surface area contributed by atoms with Crippen molar-refractivity contribution in [3.63, 3.8) is 0 Å². The summed E-state index contributed by atoms with van der Waals surface area (Å²) in [5.74, 6) is -0.132. The molecule has 0 saturated carbocycles. The Morgan fingerprint density at radius 3 is 2.82 bits per heavy atom. The molecule has 8 heteroatoms. The fourth-order valence-corrected chi connectivity index (χ4v) is 2.87. The summed E-state index contributed by atoms with van der Waals surface area (Å²) < 4.78 is 25.5. The molecule has 1 saturated heterocycles. The van der Waals surface area contributed by atoms with Gasteiger partial charge in [0.25, 0.3) is 0 Å². The first kappa shape index (κ1) is 19.6. The lowest BCUT2D eigenvalue weighted by molar-refractivity contribution is 0.0275. The quantitative estimate of drug-likeness (QED) is 0.734. The molecule has 1 aliphatic rings. The number of morpholine rings is 1. The van der Waals surface area contributed by atoms with Gasteiger partial charge in [-0.1, -0.05) is 6.07 Å². The smallest absolute Gasteiger partial charge is 0.323 e. The van der Waals surface area contributed by atoms with Crippen molar-refractivity contribution in [1.82, 2.24) is 5.32 Å². The molecule has 146 valence electrons. The number of benzene rings is 2. The van der Waals surface area contributed by atoms with E-state index in [9.17, 15) is 9.18 Å². The monoisotopic (exact) mass is 384 g/mol. The Hall–Kier alpha value is -3.15. The summed E-state index contributed by atoms with van der Waals surface area (Å²) >= 11 is 0. The second-order valence-electron chi connectivity index (χ2n) is 6.14. The van der Waals surface area contributed by atoms with Crippen LogP contribution in [0.15, 0.2) is 36.4 Å². The Kier molecular flexibility index (Phi) is 6.42. The van der Waals surface area contributed by atoms with Crippen molar-refractivity contribution < 1.29 is 18.7 Å². The second kappa shape index (κ2) is 9.17. The molecular formula is C20H21FN4O3. The molecule has 0 unspecified atom stereocenters. The number of nitriles is 1. The van der Waals surface area contributed by atoms with Crippen molar-refractivity contribution in [3.8, 4) is 11.8 Å². The van der Waals surface area contributed by atoms with Crippen LogP contribution in [0.3, 0.4) is 0 Å². The molecule has 3 N–H and O–H groups in total. The zero-order valence-corrected chi connectivity index (χ0v) is 15.4. The number of ether oxygens (including phenoxy) is 2. The third-order valence-corrected chi connectivity index (χ3v) is 4.20. The number of hydrogen-bond donors (Lipinski definition) is 3. The highest BCUT2D eigenvalue weighted by molar-refractivity contribution is 6.00. The van der Waals surface area contributed by atoms with Gasteiger partial charge in [0.05, 0.1) is 42.3 Å². The number of urea groups is 1. The van der Waals surface area contributed by atoms with E-state index in [1.807, 2.05) is 13.0 Å². The summed E-state index contributed by atoms with van der Waals surface area (Å²) in [6.45, 7) is 4.16. The van der Waals surface area contributed by atoms with Gasteiger partial charge in [0.15, 0.2) is 0 Å². The molecule has 0 aliphatic carbocycles. The van der Waals surface area contributed by atoms with Gasteiger partial charge in [0, 0.05) is 13.1 Å². The highest BCUT2D eigenvalue weighted by Gasteiger charge is 2.18. The maximum absolute atomic E-state index is 14.4. The van der Waals surface area contributed by atoms with E-state index in [-0.39, 0.29) is 11.8 Å². The zero-order valence-electron chi connectivity index (χ0n) is 15.4. The molecule has 1 aliphatic heterocycles. The number of nitrogens with one attached hydrogen (secondary N) is 3. The molecule has 1 atom stereocenters. The van der Waals surface area contributed by atoms with Gasteiger partial charge in [-0.15, -0.1) is 0 Å². The summed E-state index contributed by atoms with van der Waals surface area (Å²) in [6, 6.07) is 10.6. The van der Waals surface area contributed by atoms with Crippen LogP contribution in [0.1, 0.15) is 24.2 Å². The van der Waals surface area contributed by atoms with Crippen LogP contribution in [-0.4, -0.2) is 32.3 Å². The zero-order chi connectivity index (χ0) is 19.9. The van der Waals surface area contributed by atoms with E-state index < -0.39 is 11.8 Å². The van der Waals surface area contributed by atoms with Crippen LogP contribution >= 0.6 is 0 Å². The Labute approximate surface area is 162 Å². The number of nitrogens with zero attached hydrogens (tertiary/aromatic N) is 1. The first-order chi connectivity index (χ1) is 13.6. The van der Waals surface area contributed by atoms with Crippen molar-refractivity contribution >= 4 is 17.4 Å². The van der Waals surface area contributed by atoms with Crippen molar-refractivity contribution in [2.45, 2.75) is 13.0 Å². The average Bonchev–Trinajstić information content (AvgIpc) is 2.71. The summed E-state index contributed by atoms with van der Waals surface area (Å²) in [4.78, 5) is 12.3. The molecule has 0 radical (unpaired) electrons. The van der Waals surface area contributed by atoms with Gasteiger partial charge in [0.2, 0.25) is 0 Å². The van der Waals surface area contributed by atoms with Gasteiger partial charge in [0.1, 0.15) is 11.6 Å². The molecule has 28 heavy (non-hydrogen) atoms. The maximum Gasteiger partial charge on any atom is 0.323 e. The summed E-state index contributed by atoms with van der Waals surface area (Å²) in [7, 11) is 0. The Balaban J connectivity index is 1.70. The van der Waals surface area contributed by atoms with Crippen molar-refractivity contribution in [2.75, 3.05) is 36.9 Å². The van der Waals surface area contributed by atoms with Gasteiger partial charge >= 0.3 is 6.03 Å². The van der Waals surface area contributed by atoms with E-state index in [1.54, 1.807) is 18.2 Å². The number of hydrogen-bond acceptors (Lipinski definition) is 5. The third-order valence-electron chi connectivity index (χ3n) is 4.20. The number of halogens is 1. The van der Waals surface area contributed by atoms with Gasteiger partial charge in [-0.25, -0.2) is 9.18 Å². The first-order valence-electron chi connectivity index (χ1n) is 8.97. The number of rotatable bonds is 5. The predicted molar refractivity (Wildman–Crippen MR) is 103 cm³/mol. The normalized spacial score (nSPS) is 16.1. The van der Waals surface area contributed by atoms with Crippen LogP contribution in [0.25, 0.3) is 0 Å². The van der Waals surface area contributed by atoms with Gasteiger partial charge < -0.3 is 25.4 Å². The number of anilines is 2. The van der Waals surface area contributed by atoms with Crippen molar-refractivity contribution in [3.05, 3.63) is 53.3 Å². The van der Waals surface area contributed by atoms with E-state index in [4.69, 9.17) is 14.7 Å². The lowest BCUT2D eigenvalue weighted by Gasteiger charge is -2.24. The molecule has 7 nitrogen and oxygen atoms in total. The van der Waals surface area contributed by atoms with Crippen LogP contribution in [0.4, 0.5) is 20.6 Å². The molecule has 1 fully saturated rings. The number of carbonyl (C=O) groups is 1. The molecule has 2 aromatic carbocycles. The predicted octanol–water partition coefficient (Wildman–Crippen LogP) is 3.40. The number of amides is 2. The highest BCUT2D eigenvalue weighted by Crippen LogP contribution is 2.27. The van der Waals surface area contributed by atoms with Crippen molar-refractivity contribution in [2.24, 2.45) is 0 Å². The van der Waals surface area contributed by atoms with Crippen LogP contribution in [0, 0.1) is 17.1 Å². The summed E-state index contributed by atoms with van der Waals surface area (Å²) in [6.07, 6.45) is -0.214. The lowest BCUT2D eigenvalue weighted by Crippen LogP contribution is -2.33. The second-order valence-corrected chi connectivity index (χ2v) is 6.14. The van der Waals surface area contributed by atoms with Crippen LogP contribution < -0.4 is 20.7 Å². The van der Waals surface area contributed by atoms with E-state index in [2.05, 4.69) is 16.0 Å². The van der Waals surface area contributed by atoms with Crippen LogP contribution in [-0.2, 0) is 4.74 Å². The van der Waals surface area contributed by atoms with E-state index >= 15 is 0 Å². The Morgan fingerprint density at radius 1 is 1.32 bits per heavy atom. The Bertz CT molecular complexity index is 892. The standard InChI is InChI=1S/C20H21FN4O3/c1-2-27-18-6-3-13(11-22)9-17(18)25-20(26)24-16-5-4-14(10-15(16)21)19-12-23-7-8-28-19/h3-6,9-10,19,23H,2,7-8,12H2,1H3,(H2,24,25,26)/t19-/m0/s1. The molecule has 2 amide bonds. The molecule has 1 heterocycles. The largest absolute Gasteiger partial charge is 0.492 e. The van der Waals surface area contributed by atoms with Crippen molar-refractivity contribution in [1.29, 1.82) is 5.26 Å². The van der Waals surface area contributed by atoms with E-state index in [1.165, 1.54) is 18.2 Å². The van der Waals surface area contributed by atoms with Crippen LogP contribution in [0.2, 0.25) is 0 Å². The molecular weight excluding hydrogens is 363 g/mol. The minimum Gasteiger partial charge on any atom is -0.492 e. The lowest BCUT2D eigenvalue weighted by atomic mass is 10.1. The molecule has 0 spiro atoms. The van der Waals surface area contributed by atoms with Gasteiger partial charge in [-0.2, -0.15) is 5.26 Å². The minimum absolute atomic E-state index is 0.0411. The summed E-state index contributed by atoms with van der Waals surface area (Å²) in [5.41, 5.74) is 1.45. The molecule has 0 bridgehead atoms. The SMILES string of the molecule is CCOc1ccc(C#N)cc1NC(=O)Nc1ccc([C@@H]2CNCCO2)cc1F. The fourth-order valence-electron chi connectivity index (χ4n) is 2.87. The van der Waals surface area contributed by atoms with E-state index in [0.29, 0.717) is 42.3 Å². The first-order valence-corrected chi connectivity index (χ1v) is 8.97. The fraction of sp³-hybridized carbons (Fsp3) is 0.300. The average molecular weight is 384 g/mol. The maximum atomic E-state index is 14.4. The topological polar surface area (TPSA) is 95.4 Å². The molecule has 3 rings (SSSR count). The summed E-state index contributed by atoms with van der Waals surface area (Å²) in [5, 5.41) is 17.3. The molecule has 0 aromatic heterocycles. The minimum atomic E-state index is -0.640. The van der Waals surface area contributed by atoms with Gasteiger partial charge in [-0.3, -0.25) is 0 Å². The van der Waals surface area contributed by atoms with Gasteiger partial charge in [-0.05, 0) is 42.8 Å². The Morgan fingerprint density at radius 2 is 2.14 bits per heavy atom. The van der Waals surface area contributed by atoms with E-state index in [0.717, 1.165) is 6.54 Å².